The fourth-order valence-corrected chi connectivity index (χ4v) is 6.08. The Kier molecular flexibility index (Phi) is 4.32. The number of benzene rings is 1. The Hall–Kier alpha value is -1.09. The van der Waals surface area contributed by atoms with Crippen molar-refractivity contribution in [1.82, 2.24) is 0 Å². The predicted molar refractivity (Wildman–Crippen MR) is 104 cm³/mol. The molecular weight excluding hydrogens is 339 g/mol. The van der Waals surface area contributed by atoms with E-state index in [-0.39, 0.29) is 0 Å². The zero-order chi connectivity index (χ0) is 19.2. The Balaban J connectivity index is 2.85. The van der Waals surface area contributed by atoms with Gasteiger partial charge in [0.25, 0.3) is 0 Å². The summed E-state index contributed by atoms with van der Waals surface area (Å²) in [6.07, 6.45) is 0.813. The van der Waals surface area contributed by atoms with Crippen molar-refractivity contribution in [2.45, 2.75) is 51.3 Å². The molecule has 0 aliphatic heterocycles. The van der Waals surface area contributed by atoms with Gasteiger partial charge in [0.1, 0.15) is 0 Å². The van der Waals surface area contributed by atoms with E-state index in [0.29, 0.717) is 0 Å². The van der Waals surface area contributed by atoms with Crippen molar-refractivity contribution in [2.75, 3.05) is 0 Å². The van der Waals surface area contributed by atoms with E-state index in [1.165, 1.54) is 15.5 Å². The van der Waals surface area contributed by atoms with Gasteiger partial charge < -0.3 is 0 Å². The Labute approximate surface area is 147 Å². The van der Waals surface area contributed by atoms with Crippen LogP contribution in [0.4, 0.5) is 0 Å². The second-order valence-corrected chi connectivity index (χ2v) is 19.1. The summed E-state index contributed by atoms with van der Waals surface area (Å²) in [4.78, 5) is 0. The third-order valence-corrected chi connectivity index (χ3v) is 8.24. The Morgan fingerprint density at radius 1 is 1.13 bits per heavy atom. The van der Waals surface area contributed by atoms with Crippen LogP contribution >= 0.6 is 0 Å². The molecule has 1 aromatic heterocycles. The third kappa shape index (κ3) is 4.47. The fraction of sp³-hybridized carbons (Fsp3) is 0.476. The second kappa shape index (κ2) is 6.43. The van der Waals surface area contributed by atoms with Gasteiger partial charge >= 0.3 is 148 Å². The van der Waals surface area contributed by atoms with Gasteiger partial charge in [-0.25, -0.2) is 0 Å². The van der Waals surface area contributed by atoms with Gasteiger partial charge in [0.2, 0.25) is 0 Å². The van der Waals surface area contributed by atoms with E-state index in [2.05, 4.69) is 66.3 Å². The van der Waals surface area contributed by atoms with Gasteiger partial charge in [-0.15, -0.1) is 0 Å². The normalized spacial score (nSPS) is 14.4. The second-order valence-electron chi connectivity index (χ2n) is 8.54. The van der Waals surface area contributed by atoms with Gasteiger partial charge in [-0.2, -0.15) is 0 Å². The van der Waals surface area contributed by atoms with Crippen LogP contribution in [0.3, 0.4) is 0 Å². The maximum atomic E-state index is 8.91. The molecule has 0 N–H and O–H groups in total. The standard InChI is InChI=1S/C21H32GeN/c1-16-11-9-10-12-18(16)20-13-17(14-21(2,3)4)19(15-23(20)8)22(5,6)7/h9-13,15H,14H2,1-8H3/q+1/i14D2. The Morgan fingerprint density at radius 2 is 1.74 bits per heavy atom. The van der Waals surface area contributed by atoms with E-state index >= 15 is 0 Å². The number of pyridine rings is 1. The van der Waals surface area contributed by atoms with Crippen LogP contribution in [-0.4, -0.2) is 13.3 Å². The first-order chi connectivity index (χ1) is 11.3. The SMILES string of the molecule is [2H]C([2H])(c1cc(-c2ccccc2C)[n+](C)c[c]1[Ge]([CH3])([CH3])[CH3])C(C)(C)C. The number of hydrogen-bond acceptors (Lipinski definition) is 0. The van der Waals surface area contributed by atoms with Crippen molar-refractivity contribution in [3.8, 4) is 11.3 Å². The maximum absolute atomic E-state index is 8.91. The molecule has 0 fully saturated rings. The quantitative estimate of drug-likeness (QED) is 0.546. The molecule has 0 aliphatic carbocycles. The summed E-state index contributed by atoms with van der Waals surface area (Å²) in [5, 5.41) is 0. The molecule has 1 nitrogen and oxygen atoms in total. The first-order valence-corrected chi connectivity index (χ1v) is 15.7. The fourth-order valence-electron chi connectivity index (χ4n) is 2.88. The molecule has 1 heterocycles. The monoisotopic (exact) mass is 374 g/mol. The summed E-state index contributed by atoms with van der Waals surface area (Å²) in [7, 11) is 2.08. The van der Waals surface area contributed by atoms with E-state index in [4.69, 9.17) is 2.74 Å². The summed E-state index contributed by atoms with van der Waals surface area (Å²) in [6.45, 7) is 8.09. The molecule has 1 aromatic carbocycles. The topological polar surface area (TPSA) is 3.88 Å². The molecule has 0 aliphatic rings. The molecule has 0 bridgehead atoms. The van der Waals surface area contributed by atoms with Gasteiger partial charge in [-0.1, -0.05) is 0 Å². The zero-order valence-corrected chi connectivity index (χ0v) is 18.0. The average Bonchev–Trinajstić information content (AvgIpc) is 2.45. The van der Waals surface area contributed by atoms with Crippen LogP contribution in [0, 0.1) is 12.3 Å². The van der Waals surface area contributed by atoms with E-state index in [0.717, 1.165) is 11.3 Å². The summed E-state index contributed by atoms with van der Waals surface area (Å²) >= 11 is -2.24. The van der Waals surface area contributed by atoms with Gasteiger partial charge in [0.05, 0.1) is 0 Å². The molecule has 2 rings (SSSR count). The first kappa shape index (κ1) is 15.4. The van der Waals surface area contributed by atoms with Gasteiger partial charge in [0.15, 0.2) is 0 Å². The van der Waals surface area contributed by atoms with Crippen LogP contribution in [0.2, 0.25) is 17.3 Å². The van der Waals surface area contributed by atoms with Crippen molar-refractivity contribution in [2.24, 2.45) is 12.5 Å². The van der Waals surface area contributed by atoms with Crippen molar-refractivity contribution < 1.29 is 7.31 Å². The number of rotatable bonds is 3. The van der Waals surface area contributed by atoms with E-state index in [1.54, 1.807) is 0 Å². The average molecular weight is 373 g/mol. The van der Waals surface area contributed by atoms with Gasteiger partial charge in [-0.3, -0.25) is 0 Å². The van der Waals surface area contributed by atoms with Crippen LogP contribution in [0.1, 0.15) is 34.6 Å². The molecule has 0 spiro atoms. The number of nitrogens with zero attached hydrogens (tertiary/aromatic N) is 1. The molecular formula is C21H32GeN+. The molecule has 2 heteroatoms. The molecule has 23 heavy (non-hydrogen) atoms. The van der Waals surface area contributed by atoms with Crippen LogP contribution in [0.5, 0.6) is 0 Å². The van der Waals surface area contributed by atoms with Crippen molar-refractivity contribution in [3.05, 3.63) is 47.7 Å². The first-order valence-electron chi connectivity index (χ1n) is 9.37. The van der Waals surface area contributed by atoms with Crippen molar-refractivity contribution in [3.63, 3.8) is 0 Å². The summed E-state index contributed by atoms with van der Waals surface area (Å²) < 4.78 is 21.2. The van der Waals surface area contributed by atoms with Crippen LogP contribution < -0.4 is 8.96 Å². The molecule has 124 valence electrons. The summed E-state index contributed by atoms with van der Waals surface area (Å²) in [6, 6.07) is 10.4. The minimum atomic E-state index is -2.24. The molecule has 0 saturated carbocycles. The van der Waals surface area contributed by atoms with Crippen molar-refractivity contribution >= 4 is 17.7 Å². The molecule has 0 radical (unpaired) electrons. The molecule has 0 unspecified atom stereocenters. The third-order valence-electron chi connectivity index (χ3n) is 4.01. The number of aryl methyl sites for hydroxylation is 2. The van der Waals surface area contributed by atoms with E-state index in [1.807, 2.05) is 26.8 Å². The zero-order valence-electron chi connectivity index (χ0n) is 17.9. The predicted octanol–water partition coefficient (Wildman–Crippen LogP) is 4.62. The Bertz CT molecular complexity index is 783. The van der Waals surface area contributed by atoms with Gasteiger partial charge in [0, 0.05) is 0 Å². The van der Waals surface area contributed by atoms with Crippen LogP contribution in [-0.2, 0) is 13.4 Å². The molecule has 0 atom stereocenters. The van der Waals surface area contributed by atoms with Crippen LogP contribution in [0.25, 0.3) is 11.3 Å². The molecule has 0 amide bonds. The van der Waals surface area contributed by atoms with E-state index in [9.17, 15) is 0 Å². The van der Waals surface area contributed by atoms with Crippen molar-refractivity contribution in [1.29, 1.82) is 0 Å². The summed E-state index contributed by atoms with van der Waals surface area (Å²) in [5.74, 6) is 7.01. The summed E-state index contributed by atoms with van der Waals surface area (Å²) in [5.41, 5.74) is 3.88. The molecule has 0 saturated heterocycles. The van der Waals surface area contributed by atoms with E-state index < -0.39 is 25.1 Å². The minimum absolute atomic E-state index is 0.460. The number of aromatic nitrogens is 1. The van der Waals surface area contributed by atoms with Gasteiger partial charge in [-0.05, 0) is 0 Å². The molecule has 2 aromatic rings. The Morgan fingerprint density at radius 3 is 2.26 bits per heavy atom. The van der Waals surface area contributed by atoms with Crippen LogP contribution in [0.15, 0.2) is 36.5 Å². The number of hydrogen-bond donors (Lipinski definition) is 0.